The van der Waals surface area contributed by atoms with E-state index in [2.05, 4.69) is 85.8 Å². The number of anilines is 1. The van der Waals surface area contributed by atoms with Gasteiger partial charge in [0.25, 0.3) is 5.43 Å². The second-order valence-electron chi connectivity index (χ2n) is 17.9. The molecule has 392 valence electrons. The molecule has 21 nitrogen and oxygen atoms in total. The van der Waals surface area contributed by atoms with Crippen LogP contribution in [0.25, 0.3) is 4.85 Å². The molecule has 2 aromatic heterocycles. The topological polar surface area (TPSA) is 293 Å². The first kappa shape index (κ1) is 64.2. The Labute approximate surface area is 418 Å². The number of ether oxygens (including phenoxy) is 1. The molecule has 1 amide bonds. The molecule has 0 bridgehead atoms. The lowest BCUT2D eigenvalue weighted by molar-refractivity contribution is -0.118. The molecule has 0 spiro atoms. The van der Waals surface area contributed by atoms with Gasteiger partial charge in [-0.2, -0.15) is 29.9 Å². The number of rotatable bonds is 11. The number of Topliss-reactive ketones (excluding diaryl/α,β-unsaturated/α-hetero) is 1. The maximum atomic E-state index is 12.6. The van der Waals surface area contributed by atoms with Crippen LogP contribution in [0.2, 0.25) is 0 Å². The number of hydroxylamine groups is 1. The Kier molecular flexibility index (Phi) is 28.4. The van der Waals surface area contributed by atoms with E-state index in [1.165, 1.54) is 5.71 Å². The first-order valence-corrected chi connectivity index (χ1v) is 23.6. The van der Waals surface area contributed by atoms with Crippen LogP contribution in [0.1, 0.15) is 153 Å². The fourth-order valence-electron chi connectivity index (χ4n) is 5.53. The Hall–Kier alpha value is -6.80. The highest BCUT2D eigenvalue weighted by atomic mass is 32.2. The number of nitrogens with one attached hydrogen (secondary N) is 4. The minimum Gasteiger partial charge on any atom is -0.504 e. The number of hydrogen-bond acceptors (Lipinski definition) is 16. The van der Waals surface area contributed by atoms with Crippen molar-refractivity contribution in [2.24, 2.45) is 38.3 Å². The molecule has 2 aliphatic carbocycles. The van der Waals surface area contributed by atoms with Gasteiger partial charge in [0.2, 0.25) is 23.4 Å². The predicted octanol–water partition coefficient (Wildman–Crippen LogP) is 8.96. The van der Waals surface area contributed by atoms with Gasteiger partial charge in [-0.1, -0.05) is 110 Å². The van der Waals surface area contributed by atoms with Gasteiger partial charge in [0.15, 0.2) is 17.3 Å². The number of carbonyl (C=O) groups excluding carboxylic acids is 2. The quantitative estimate of drug-likeness (QED) is 0.0452. The molecule has 7 rings (SSSR count). The van der Waals surface area contributed by atoms with Gasteiger partial charge in [0.05, 0.1) is 22.9 Å². The number of halogens is 1. The summed E-state index contributed by atoms with van der Waals surface area (Å²) in [6, 6.07) is 0. The maximum Gasteiger partial charge on any atom is 0.318 e. The third-order valence-electron chi connectivity index (χ3n) is 9.45. The number of ketones is 1. The number of carbonyl (C=O) groups is 2. The number of allylic oxidation sites excluding steroid dienone is 6. The monoisotopic (exact) mass is 1010 g/mol. The zero-order valence-electron chi connectivity index (χ0n) is 42.7. The molecule has 71 heavy (non-hydrogen) atoms. The van der Waals surface area contributed by atoms with Gasteiger partial charge < -0.3 is 25.1 Å². The Morgan fingerprint density at radius 1 is 0.887 bits per heavy atom. The minimum atomic E-state index is -1.50. The molecule has 1 atom stereocenters. The third-order valence-corrected chi connectivity index (χ3v) is 10.0. The van der Waals surface area contributed by atoms with Crippen molar-refractivity contribution in [2.45, 2.75) is 148 Å². The van der Waals surface area contributed by atoms with Gasteiger partial charge in [0, 0.05) is 29.7 Å². The largest absolute Gasteiger partial charge is 0.504 e. The lowest BCUT2D eigenvalue weighted by atomic mass is 9.98. The summed E-state index contributed by atoms with van der Waals surface area (Å²) in [6.07, 6.45) is 6.20. The zero-order valence-corrected chi connectivity index (χ0v) is 43.5. The first-order chi connectivity index (χ1) is 32.7. The summed E-state index contributed by atoms with van der Waals surface area (Å²) in [7, 11) is 0. The van der Waals surface area contributed by atoms with E-state index in [1.54, 1.807) is 19.9 Å². The van der Waals surface area contributed by atoms with Crippen molar-refractivity contribution in [3.05, 3.63) is 96.0 Å². The molecule has 3 aromatic rings. The van der Waals surface area contributed by atoms with Crippen LogP contribution >= 0.6 is 0 Å². The predicted molar refractivity (Wildman–Crippen MR) is 277 cm³/mol. The molecular formula is C48H73FN12O9S. The number of aliphatic hydroxyl groups excluding tert-OH is 1. The molecule has 0 saturated heterocycles. The van der Waals surface area contributed by atoms with Crippen LogP contribution in [0.5, 0.6) is 5.75 Å². The lowest BCUT2D eigenvalue weighted by Gasteiger charge is -2.21. The van der Waals surface area contributed by atoms with E-state index in [4.69, 9.17) is 21.5 Å². The number of aromatic hydroxyl groups is 1. The van der Waals surface area contributed by atoms with Crippen molar-refractivity contribution in [1.29, 1.82) is 0 Å². The average Bonchev–Trinajstić information content (AvgIpc) is 4.17. The molecule has 6 N–H and O–H groups in total. The summed E-state index contributed by atoms with van der Waals surface area (Å²) in [6.45, 7) is 39.6. The number of aromatic nitrogens is 6. The van der Waals surface area contributed by atoms with Crippen LogP contribution in [0.4, 0.5) is 16.0 Å². The lowest BCUT2D eigenvalue weighted by Crippen LogP contribution is -2.35. The molecule has 4 aliphatic rings. The third kappa shape index (κ3) is 21.0. The van der Waals surface area contributed by atoms with Crippen molar-refractivity contribution in [1.82, 2.24) is 36.3 Å². The summed E-state index contributed by atoms with van der Waals surface area (Å²) >= 11 is -1.50. The highest BCUT2D eigenvalue weighted by molar-refractivity contribution is 7.79. The maximum absolute atomic E-state index is 12.6. The normalized spacial score (nSPS) is 15.3. The molecule has 1 aromatic carbocycles. The molecule has 23 heteroatoms. The molecule has 1 unspecified atom stereocenters. The standard InChI is InChI=1S/C8H11F.2C8H10O3.C7H12N2.C6H10N4O.C6H8N4.C4H8N2O2S.CH4/c1-6(2)7-4-3-5-8(7)9;1-4(2)11-8-6(9)5(3)7(8)10;1-4(2)3-5-6(9)8(11)7(5)10;1-5(2)7-4-6(3)8-9-7;1-4(2)5-6(7-3-11)9-10-8-5;1-4(2)5-6(7-3)9-10-8-5;1-3(2)4-5-8-9(7)6-4;/h3,5-6H,4H2,1-2H3;2*4,9H,3H2,1-2H3;5H,4H2,1-3H3;3-4H,1-2H3,(H2,7,8,9,10,11);4H,1-2H3,(H,8,9,10);3H,1-2H3,(H,5,6);1H4. The minimum absolute atomic E-state index is 0. The Balaban J connectivity index is 0.000000805. The van der Waals surface area contributed by atoms with Gasteiger partial charge in [0.1, 0.15) is 17.4 Å². The van der Waals surface area contributed by atoms with Crippen LogP contribution in [0.15, 0.2) is 71.4 Å². The molecule has 4 heterocycles. The van der Waals surface area contributed by atoms with Crippen LogP contribution in [-0.4, -0.2) is 80.8 Å². The summed E-state index contributed by atoms with van der Waals surface area (Å²) in [4.78, 5) is 45.4. The number of amides is 1. The molecule has 2 aliphatic heterocycles. The van der Waals surface area contributed by atoms with E-state index in [0.717, 1.165) is 35.5 Å². The Morgan fingerprint density at radius 2 is 1.48 bits per heavy atom. The van der Waals surface area contributed by atoms with Crippen LogP contribution in [0, 0.1) is 30.2 Å². The number of aromatic amines is 2. The fraction of sp³-hybridized carbons (Fsp3) is 0.542. The zero-order chi connectivity index (χ0) is 53.6. The van der Waals surface area contributed by atoms with E-state index < -0.39 is 22.1 Å². The summed E-state index contributed by atoms with van der Waals surface area (Å²) in [5, 5.41) is 48.3. The summed E-state index contributed by atoms with van der Waals surface area (Å²) in [5.74, 6) is 2.82. The molecule has 0 radical (unpaired) electrons. The van der Waals surface area contributed by atoms with Crippen molar-refractivity contribution in [3.63, 3.8) is 0 Å². The van der Waals surface area contributed by atoms with Gasteiger partial charge in [-0.05, 0) is 74.0 Å². The van der Waals surface area contributed by atoms with E-state index in [1.807, 2.05) is 82.2 Å². The van der Waals surface area contributed by atoms with Gasteiger partial charge in [-0.3, -0.25) is 19.2 Å². The van der Waals surface area contributed by atoms with Gasteiger partial charge in [-0.15, -0.1) is 14.7 Å². The second-order valence-corrected chi connectivity index (χ2v) is 18.7. The van der Waals surface area contributed by atoms with E-state index in [9.17, 15) is 27.8 Å². The summed E-state index contributed by atoms with van der Waals surface area (Å²) < 4.78 is 36.1. The SMILES string of the molecule is C.C=C1C(=O)C(OC(C)C)=C1O.CC(C)C1=C(F)C=CC1.CC(C)C1=NS(=O)ON1.CC(C)Cc1c(O)c(=O)c1=O.CC(C)c1n[nH]nc1NC=O.CC1=NN=C(C(C)C)C1.[C-]#[N+]c1n[nH]nc1C(C)C. The van der Waals surface area contributed by atoms with Crippen molar-refractivity contribution < 1.29 is 37.4 Å². The van der Waals surface area contributed by atoms with Crippen molar-refractivity contribution >= 4 is 52.4 Å². The highest BCUT2D eigenvalue weighted by Crippen LogP contribution is 2.28. The van der Waals surface area contributed by atoms with Crippen LogP contribution in [0.3, 0.4) is 0 Å². The number of amidine groups is 1. The fourth-order valence-corrected chi connectivity index (χ4v) is 6.13. The van der Waals surface area contributed by atoms with E-state index >= 15 is 0 Å². The molecule has 0 saturated carbocycles. The number of H-pyrrole nitrogens is 2. The number of aliphatic hydroxyl groups is 1. The van der Waals surface area contributed by atoms with Crippen molar-refractivity contribution in [2.75, 3.05) is 5.32 Å². The molecular weight excluding hydrogens is 940 g/mol. The number of nitrogens with zero attached hydrogens (tertiary/aromatic N) is 8. The van der Waals surface area contributed by atoms with Gasteiger partial charge in [-0.25, -0.2) is 14.1 Å². The second kappa shape index (κ2) is 31.4. The van der Waals surface area contributed by atoms with Crippen LogP contribution in [-0.2, 0) is 36.3 Å². The van der Waals surface area contributed by atoms with Crippen LogP contribution < -0.4 is 21.7 Å². The summed E-state index contributed by atoms with van der Waals surface area (Å²) in [5.41, 5.74) is 6.45. The number of hydrogen-bond donors (Lipinski definition) is 6. The molecule has 0 fully saturated rings. The van der Waals surface area contributed by atoms with E-state index in [0.29, 0.717) is 53.6 Å². The Bertz CT molecular complexity index is 2570. The average molecular weight is 1010 g/mol. The highest BCUT2D eigenvalue weighted by Gasteiger charge is 2.34. The first-order valence-electron chi connectivity index (χ1n) is 22.5. The smallest absolute Gasteiger partial charge is 0.318 e. The Morgan fingerprint density at radius 3 is 1.82 bits per heavy atom. The van der Waals surface area contributed by atoms with Gasteiger partial charge >= 0.3 is 17.1 Å². The van der Waals surface area contributed by atoms with E-state index in [-0.39, 0.29) is 65.7 Å². The van der Waals surface area contributed by atoms with Crippen molar-refractivity contribution in [3.8, 4) is 5.75 Å².